The predicted molar refractivity (Wildman–Crippen MR) is 107 cm³/mol. The molecule has 6 nitrogen and oxygen atoms in total. The van der Waals surface area contributed by atoms with Crippen LogP contribution in [0.3, 0.4) is 0 Å². The smallest absolute Gasteiger partial charge is 0.336 e. The van der Waals surface area contributed by atoms with Crippen molar-refractivity contribution in [3.8, 4) is 0 Å². The number of halogens is 1. The van der Waals surface area contributed by atoms with E-state index in [1.165, 1.54) is 0 Å². The Bertz CT molecular complexity index is 731. The predicted octanol–water partition coefficient (Wildman–Crippen LogP) is 3.69. The summed E-state index contributed by atoms with van der Waals surface area (Å²) in [7, 11) is 0. The summed E-state index contributed by atoms with van der Waals surface area (Å²) in [6, 6.07) is 5.64. The van der Waals surface area contributed by atoms with Gasteiger partial charge in [-0.15, -0.1) is 0 Å². The minimum atomic E-state index is -2.40. The first-order chi connectivity index (χ1) is 12.8. The second-order valence-corrected chi connectivity index (χ2v) is 7.99. The summed E-state index contributed by atoms with van der Waals surface area (Å²) in [5.74, 6) is -4.45. The van der Waals surface area contributed by atoms with E-state index in [-0.39, 0.29) is 6.61 Å². The normalized spacial score (nSPS) is 19.3. The number of carboxylic acids is 1. The number of ether oxygens (including phenoxy) is 2. The number of carboxylic acid groups (broad SMARTS) is 1. The monoisotopic (exact) mass is 488 g/mol. The maximum absolute atomic E-state index is 13.1. The topological polar surface area (TPSA) is 89.9 Å². The van der Waals surface area contributed by atoms with Crippen LogP contribution < -0.4 is 0 Å². The van der Waals surface area contributed by atoms with Crippen LogP contribution in [0.25, 0.3) is 0 Å². The molecule has 0 saturated heterocycles. The molecule has 148 valence electrons. The first-order valence-electron chi connectivity index (χ1n) is 9.18. The summed E-state index contributed by atoms with van der Waals surface area (Å²) in [6.07, 6.45) is 1.88. The quantitative estimate of drug-likeness (QED) is 0.358. The Kier molecular flexibility index (Phi) is 7.25. The van der Waals surface area contributed by atoms with E-state index < -0.39 is 35.3 Å². The molecule has 0 saturated carbocycles. The lowest BCUT2D eigenvalue weighted by Crippen LogP contribution is -2.54. The molecule has 27 heavy (non-hydrogen) atoms. The number of hydrogen-bond acceptors (Lipinski definition) is 5. The van der Waals surface area contributed by atoms with Crippen molar-refractivity contribution >= 4 is 40.5 Å². The van der Waals surface area contributed by atoms with Crippen LogP contribution in [0.15, 0.2) is 18.2 Å². The molecule has 1 N–H and O–H groups in total. The molecule has 0 aromatic heterocycles. The fourth-order valence-electron chi connectivity index (χ4n) is 3.53. The third kappa shape index (κ3) is 4.12. The van der Waals surface area contributed by atoms with Gasteiger partial charge in [0.2, 0.25) is 0 Å². The van der Waals surface area contributed by atoms with Gasteiger partial charge in [0.15, 0.2) is 0 Å². The van der Waals surface area contributed by atoms with Crippen molar-refractivity contribution < 1.29 is 29.0 Å². The van der Waals surface area contributed by atoms with E-state index in [1.54, 1.807) is 13.8 Å². The number of carbonyl (C=O) groups excluding carboxylic acids is 2. The Morgan fingerprint density at radius 3 is 2.59 bits per heavy atom. The van der Waals surface area contributed by atoms with Crippen LogP contribution >= 0.6 is 22.6 Å². The van der Waals surface area contributed by atoms with Gasteiger partial charge < -0.3 is 14.6 Å². The van der Waals surface area contributed by atoms with Crippen LogP contribution in [0.5, 0.6) is 0 Å². The molecule has 3 atom stereocenters. The molecule has 0 heterocycles. The summed E-state index contributed by atoms with van der Waals surface area (Å²) in [5, 5.41) is 10.1. The van der Waals surface area contributed by atoms with Crippen LogP contribution in [-0.2, 0) is 30.3 Å². The number of rotatable bonds is 7. The number of carbonyl (C=O) groups is 3. The van der Waals surface area contributed by atoms with Gasteiger partial charge in [-0.1, -0.05) is 13.0 Å². The summed E-state index contributed by atoms with van der Waals surface area (Å²) in [4.78, 5) is 38.4. The highest BCUT2D eigenvalue weighted by molar-refractivity contribution is 14.1. The van der Waals surface area contributed by atoms with E-state index in [0.717, 1.165) is 15.6 Å². The molecule has 1 aliphatic rings. The minimum absolute atomic E-state index is 0.0171. The first kappa shape index (κ1) is 21.7. The summed E-state index contributed by atoms with van der Waals surface area (Å²) in [6.45, 7) is 5.06. The fourth-order valence-corrected chi connectivity index (χ4v) is 4.08. The van der Waals surface area contributed by atoms with E-state index >= 15 is 0 Å². The standard InChI is InChI=1S/C20H25IO6/c1-4-12(3)27-19(25)20(17(22)23,18(24)26-5-2)16-8-6-7-13-11-14(21)9-10-15(13)16/h9-12,16H,4-8H2,1-3H3,(H,22,23). The molecular formula is C20H25IO6. The third-order valence-corrected chi connectivity index (χ3v) is 5.75. The number of aryl methyl sites for hydroxylation is 1. The van der Waals surface area contributed by atoms with E-state index in [0.29, 0.717) is 24.8 Å². The molecule has 0 spiro atoms. The third-order valence-electron chi connectivity index (χ3n) is 5.08. The van der Waals surface area contributed by atoms with Gasteiger partial charge in [0.25, 0.3) is 5.41 Å². The lowest BCUT2D eigenvalue weighted by atomic mass is 9.66. The lowest BCUT2D eigenvalue weighted by molar-refractivity contribution is -0.186. The average Bonchev–Trinajstić information content (AvgIpc) is 2.61. The van der Waals surface area contributed by atoms with E-state index in [2.05, 4.69) is 22.6 Å². The molecule has 1 aromatic rings. The fraction of sp³-hybridized carbons (Fsp3) is 0.550. The Hall–Kier alpha value is -1.64. The zero-order chi connectivity index (χ0) is 20.2. The number of hydrogen-bond donors (Lipinski definition) is 1. The Labute approximate surface area is 172 Å². The zero-order valence-corrected chi connectivity index (χ0v) is 17.9. The molecular weight excluding hydrogens is 463 g/mol. The molecule has 2 rings (SSSR count). The van der Waals surface area contributed by atoms with Crippen molar-refractivity contribution in [2.45, 2.75) is 58.5 Å². The second kappa shape index (κ2) is 9.03. The van der Waals surface area contributed by atoms with Crippen molar-refractivity contribution in [1.29, 1.82) is 0 Å². The van der Waals surface area contributed by atoms with Crippen molar-refractivity contribution in [1.82, 2.24) is 0 Å². The highest BCUT2D eigenvalue weighted by atomic mass is 127. The second-order valence-electron chi connectivity index (χ2n) is 6.75. The SMILES string of the molecule is CCOC(=O)C(C(=O)O)(C(=O)OC(C)CC)C1CCCc2cc(I)ccc21. The summed E-state index contributed by atoms with van der Waals surface area (Å²) < 4.78 is 11.5. The van der Waals surface area contributed by atoms with Gasteiger partial charge in [-0.3, -0.25) is 14.4 Å². The first-order valence-corrected chi connectivity index (χ1v) is 10.3. The lowest BCUT2D eigenvalue weighted by Gasteiger charge is -2.37. The number of esters is 2. The van der Waals surface area contributed by atoms with Crippen LogP contribution in [0, 0.1) is 8.99 Å². The van der Waals surface area contributed by atoms with Gasteiger partial charge in [-0.2, -0.15) is 0 Å². The minimum Gasteiger partial charge on any atom is -0.480 e. The molecule has 7 heteroatoms. The summed E-state index contributed by atoms with van der Waals surface area (Å²) >= 11 is 2.19. The van der Waals surface area contributed by atoms with E-state index in [9.17, 15) is 19.5 Å². The Morgan fingerprint density at radius 1 is 1.30 bits per heavy atom. The van der Waals surface area contributed by atoms with E-state index in [4.69, 9.17) is 9.47 Å². The molecule has 0 radical (unpaired) electrons. The van der Waals surface area contributed by atoms with E-state index in [1.807, 2.05) is 25.1 Å². The van der Waals surface area contributed by atoms with Crippen LogP contribution in [0.1, 0.15) is 57.1 Å². The molecule has 0 amide bonds. The zero-order valence-electron chi connectivity index (χ0n) is 15.8. The van der Waals surface area contributed by atoms with Gasteiger partial charge in [-0.05, 0) is 85.4 Å². The molecule has 0 bridgehead atoms. The average molecular weight is 488 g/mol. The van der Waals surface area contributed by atoms with Gasteiger partial charge in [0.1, 0.15) is 0 Å². The maximum atomic E-state index is 13.1. The highest BCUT2D eigenvalue weighted by Gasteiger charge is 2.63. The molecule has 3 unspecified atom stereocenters. The van der Waals surface area contributed by atoms with Gasteiger partial charge in [0.05, 0.1) is 12.7 Å². The van der Waals surface area contributed by atoms with Crippen molar-refractivity contribution in [2.24, 2.45) is 5.41 Å². The summed E-state index contributed by atoms with van der Waals surface area (Å²) in [5.41, 5.74) is -0.732. The van der Waals surface area contributed by atoms with Gasteiger partial charge in [0, 0.05) is 9.49 Å². The van der Waals surface area contributed by atoms with Crippen LogP contribution in [0.2, 0.25) is 0 Å². The van der Waals surface area contributed by atoms with Crippen molar-refractivity contribution in [3.63, 3.8) is 0 Å². The maximum Gasteiger partial charge on any atom is 0.336 e. The number of aliphatic carboxylic acids is 1. The van der Waals surface area contributed by atoms with Gasteiger partial charge in [-0.25, -0.2) is 0 Å². The van der Waals surface area contributed by atoms with Crippen molar-refractivity contribution in [3.05, 3.63) is 32.9 Å². The molecule has 0 aliphatic heterocycles. The highest BCUT2D eigenvalue weighted by Crippen LogP contribution is 2.46. The molecule has 0 fully saturated rings. The Morgan fingerprint density at radius 2 is 2.00 bits per heavy atom. The Balaban J connectivity index is 2.64. The van der Waals surface area contributed by atoms with Gasteiger partial charge >= 0.3 is 17.9 Å². The number of benzene rings is 1. The number of fused-ring (bicyclic) bond motifs is 1. The molecule has 1 aliphatic carbocycles. The van der Waals surface area contributed by atoms with Crippen LogP contribution in [-0.4, -0.2) is 35.7 Å². The largest absolute Gasteiger partial charge is 0.480 e. The van der Waals surface area contributed by atoms with Crippen LogP contribution in [0.4, 0.5) is 0 Å². The van der Waals surface area contributed by atoms with Crippen molar-refractivity contribution in [2.75, 3.05) is 6.61 Å². The molecule has 1 aromatic carbocycles.